The highest BCUT2D eigenvalue weighted by Gasteiger charge is 2.49. The molecule has 25 heavy (non-hydrogen) atoms. The minimum atomic E-state index is -1.22. The van der Waals surface area contributed by atoms with E-state index in [0.29, 0.717) is 16.2 Å². The van der Waals surface area contributed by atoms with Gasteiger partial charge in [-0.25, -0.2) is 4.79 Å². The first-order chi connectivity index (χ1) is 11.8. The van der Waals surface area contributed by atoms with E-state index in [0.717, 1.165) is 9.78 Å². The van der Waals surface area contributed by atoms with Crippen LogP contribution in [0.1, 0.15) is 27.0 Å². The molecular weight excluding hydrogens is 340 g/mol. The zero-order valence-corrected chi connectivity index (χ0v) is 15.0. The molecule has 3 amide bonds. The molecule has 0 spiro atoms. The van der Waals surface area contributed by atoms with Crippen molar-refractivity contribution in [1.29, 1.82) is 0 Å². The van der Waals surface area contributed by atoms with Crippen molar-refractivity contribution in [2.24, 2.45) is 0 Å². The number of methoxy groups -OCH3 is 1. The first-order valence-corrected chi connectivity index (χ1v) is 8.55. The van der Waals surface area contributed by atoms with Crippen LogP contribution in [0, 0.1) is 6.92 Å². The van der Waals surface area contributed by atoms with Gasteiger partial charge in [0.1, 0.15) is 11.3 Å². The maximum atomic E-state index is 12.9. The predicted octanol–water partition coefficient (Wildman–Crippen LogP) is 2.72. The molecule has 1 atom stereocenters. The topological polar surface area (TPSA) is 75.7 Å². The molecule has 3 rings (SSSR count). The Kier molecular flexibility index (Phi) is 4.34. The van der Waals surface area contributed by atoms with Crippen LogP contribution in [0.3, 0.4) is 0 Å². The van der Waals surface area contributed by atoms with Gasteiger partial charge >= 0.3 is 6.03 Å². The monoisotopic (exact) mass is 358 g/mol. The van der Waals surface area contributed by atoms with Crippen molar-refractivity contribution in [2.75, 3.05) is 13.7 Å². The Bertz CT molecular complexity index is 860. The molecule has 1 fully saturated rings. The summed E-state index contributed by atoms with van der Waals surface area (Å²) in [6.07, 6.45) is 0. The van der Waals surface area contributed by atoms with E-state index in [1.807, 2.05) is 13.0 Å². The second-order valence-corrected chi connectivity index (χ2v) is 7.30. The van der Waals surface area contributed by atoms with Gasteiger partial charge in [-0.2, -0.15) is 0 Å². The van der Waals surface area contributed by atoms with Crippen molar-refractivity contribution in [3.05, 3.63) is 51.7 Å². The lowest BCUT2D eigenvalue weighted by Gasteiger charge is -2.22. The van der Waals surface area contributed by atoms with Crippen LogP contribution in [0.15, 0.2) is 36.4 Å². The fourth-order valence-corrected chi connectivity index (χ4v) is 3.57. The number of hydrogen-bond acceptors (Lipinski definition) is 5. The van der Waals surface area contributed by atoms with Crippen molar-refractivity contribution < 1.29 is 19.1 Å². The molecule has 1 aromatic heterocycles. The summed E-state index contributed by atoms with van der Waals surface area (Å²) >= 11 is 1.35. The van der Waals surface area contributed by atoms with Gasteiger partial charge in [-0.15, -0.1) is 11.3 Å². The van der Waals surface area contributed by atoms with Gasteiger partial charge in [-0.3, -0.25) is 14.5 Å². The zero-order chi connectivity index (χ0) is 18.2. The van der Waals surface area contributed by atoms with Crippen molar-refractivity contribution >= 4 is 29.1 Å². The Labute approximate surface area is 149 Å². The summed E-state index contributed by atoms with van der Waals surface area (Å²) in [5.41, 5.74) is -0.621. The summed E-state index contributed by atoms with van der Waals surface area (Å²) in [5.74, 6) is -0.117. The van der Waals surface area contributed by atoms with Crippen LogP contribution in [0.4, 0.5) is 4.79 Å². The number of carbonyl (C=O) groups is 3. The Balaban J connectivity index is 1.85. The first kappa shape index (κ1) is 17.2. The zero-order valence-electron chi connectivity index (χ0n) is 14.2. The number of benzene rings is 1. The fourth-order valence-electron chi connectivity index (χ4n) is 2.78. The van der Waals surface area contributed by atoms with Crippen LogP contribution in [0.2, 0.25) is 0 Å². The van der Waals surface area contributed by atoms with Crippen LogP contribution in [0.25, 0.3) is 0 Å². The molecule has 7 heteroatoms. The third kappa shape index (κ3) is 3.02. The van der Waals surface area contributed by atoms with Gasteiger partial charge in [0, 0.05) is 4.88 Å². The van der Waals surface area contributed by atoms with Crippen molar-refractivity contribution in [1.82, 2.24) is 10.2 Å². The molecule has 1 aliphatic rings. The molecule has 0 saturated carbocycles. The van der Waals surface area contributed by atoms with Crippen molar-refractivity contribution in [2.45, 2.75) is 19.4 Å². The highest BCUT2D eigenvalue weighted by Crippen LogP contribution is 2.31. The summed E-state index contributed by atoms with van der Waals surface area (Å²) in [5, 5.41) is 2.69. The number of thiophene rings is 1. The molecule has 1 saturated heterocycles. The number of ether oxygens (including phenoxy) is 1. The fraction of sp³-hybridized carbons (Fsp3) is 0.278. The Morgan fingerprint density at radius 1 is 1.28 bits per heavy atom. The van der Waals surface area contributed by atoms with E-state index in [9.17, 15) is 14.4 Å². The molecule has 2 heterocycles. The number of hydrogen-bond donors (Lipinski definition) is 1. The lowest BCUT2D eigenvalue weighted by molar-refractivity contribution is -0.130. The number of amides is 3. The molecule has 1 aromatic carbocycles. The third-order valence-corrected chi connectivity index (χ3v) is 5.28. The second kappa shape index (κ2) is 6.33. The van der Waals surface area contributed by atoms with Gasteiger partial charge in [-0.05, 0) is 43.7 Å². The van der Waals surface area contributed by atoms with Crippen LogP contribution >= 0.6 is 11.3 Å². The predicted molar refractivity (Wildman–Crippen MR) is 94.0 cm³/mol. The molecule has 6 nitrogen and oxygen atoms in total. The van der Waals surface area contributed by atoms with Gasteiger partial charge in [0.25, 0.3) is 5.91 Å². The summed E-state index contributed by atoms with van der Waals surface area (Å²) < 4.78 is 5.18. The molecule has 1 N–H and O–H groups in total. The van der Waals surface area contributed by atoms with Crippen LogP contribution in [-0.4, -0.2) is 36.3 Å². The van der Waals surface area contributed by atoms with Crippen LogP contribution in [0.5, 0.6) is 5.75 Å². The minimum Gasteiger partial charge on any atom is -0.497 e. The normalized spacial score (nSPS) is 19.9. The summed E-state index contributed by atoms with van der Waals surface area (Å²) in [4.78, 5) is 40.1. The second-order valence-electron chi connectivity index (χ2n) is 6.01. The van der Waals surface area contributed by atoms with E-state index < -0.39 is 17.5 Å². The van der Waals surface area contributed by atoms with Crippen molar-refractivity contribution in [3.8, 4) is 5.75 Å². The number of carbonyl (C=O) groups excluding carboxylic acids is 3. The van der Waals surface area contributed by atoms with Gasteiger partial charge in [0.15, 0.2) is 5.78 Å². The third-order valence-electron chi connectivity index (χ3n) is 4.24. The maximum absolute atomic E-state index is 12.9. The van der Waals surface area contributed by atoms with E-state index in [-0.39, 0.29) is 12.3 Å². The number of nitrogens with zero attached hydrogens (tertiary/aromatic N) is 1. The molecular formula is C18H18N2O4S. The number of nitrogens with one attached hydrogen (secondary N) is 1. The smallest absolute Gasteiger partial charge is 0.325 e. The van der Waals surface area contributed by atoms with Gasteiger partial charge in [0.05, 0.1) is 18.5 Å². The van der Waals surface area contributed by atoms with E-state index in [4.69, 9.17) is 4.74 Å². The van der Waals surface area contributed by atoms with Crippen LogP contribution in [-0.2, 0) is 10.3 Å². The summed E-state index contributed by atoms with van der Waals surface area (Å²) in [6, 6.07) is 9.93. The van der Waals surface area contributed by atoms with Crippen LogP contribution < -0.4 is 10.1 Å². The Morgan fingerprint density at radius 2 is 2.04 bits per heavy atom. The van der Waals surface area contributed by atoms with Crippen molar-refractivity contribution in [3.63, 3.8) is 0 Å². The number of urea groups is 1. The number of imide groups is 1. The van der Waals surface area contributed by atoms with Gasteiger partial charge in [-0.1, -0.05) is 12.1 Å². The molecule has 2 aromatic rings. The Morgan fingerprint density at radius 3 is 2.68 bits per heavy atom. The average Bonchev–Trinajstić information content (AvgIpc) is 3.13. The van der Waals surface area contributed by atoms with E-state index >= 15 is 0 Å². The SMILES string of the molecule is COc1cccc([C@@]2(C)NC(=O)N(CC(=O)c3ccc(C)s3)C2=O)c1. The number of Topliss-reactive ketones (excluding diaryl/α,β-unsaturated/α-hetero) is 1. The molecule has 0 aliphatic carbocycles. The number of ketones is 1. The maximum Gasteiger partial charge on any atom is 0.325 e. The highest BCUT2D eigenvalue weighted by molar-refractivity contribution is 7.14. The lowest BCUT2D eigenvalue weighted by Crippen LogP contribution is -2.41. The van der Waals surface area contributed by atoms with E-state index in [2.05, 4.69) is 5.32 Å². The molecule has 130 valence electrons. The summed E-state index contributed by atoms with van der Waals surface area (Å²) in [7, 11) is 1.53. The number of rotatable bonds is 5. The average molecular weight is 358 g/mol. The van der Waals surface area contributed by atoms with Gasteiger partial charge in [0.2, 0.25) is 0 Å². The van der Waals surface area contributed by atoms with E-state index in [1.165, 1.54) is 18.4 Å². The molecule has 0 radical (unpaired) electrons. The largest absolute Gasteiger partial charge is 0.497 e. The molecule has 0 unspecified atom stereocenters. The highest BCUT2D eigenvalue weighted by atomic mass is 32.1. The quantitative estimate of drug-likeness (QED) is 0.659. The number of aryl methyl sites for hydroxylation is 1. The van der Waals surface area contributed by atoms with E-state index in [1.54, 1.807) is 37.3 Å². The van der Waals surface area contributed by atoms with Gasteiger partial charge < -0.3 is 10.1 Å². The first-order valence-electron chi connectivity index (χ1n) is 7.73. The Hall–Kier alpha value is -2.67. The molecule has 1 aliphatic heterocycles. The lowest BCUT2D eigenvalue weighted by atomic mass is 9.92. The summed E-state index contributed by atoms with van der Waals surface area (Å²) in [6.45, 7) is 3.25. The standard InChI is InChI=1S/C18H18N2O4S/c1-11-7-8-15(25-11)14(21)10-20-16(22)18(2,19-17(20)23)12-5-4-6-13(9-12)24-3/h4-9H,10H2,1-3H3,(H,19,23)/t18-/m1/s1. The minimum absolute atomic E-state index is 0.253. The molecule has 0 bridgehead atoms.